The summed E-state index contributed by atoms with van der Waals surface area (Å²) in [7, 11) is -3.13. The summed E-state index contributed by atoms with van der Waals surface area (Å²) in [6, 6.07) is 1.84. The van der Waals surface area contributed by atoms with Crippen molar-refractivity contribution in [3.05, 3.63) is 17.6 Å². The van der Waals surface area contributed by atoms with Gasteiger partial charge in [-0.15, -0.1) is 0 Å². The van der Waals surface area contributed by atoms with Gasteiger partial charge in [0, 0.05) is 30.8 Å². The van der Waals surface area contributed by atoms with Crippen LogP contribution >= 0.6 is 0 Å². The Morgan fingerprint density at radius 1 is 1.28 bits per heavy atom. The Hall–Kier alpha value is -1.21. The van der Waals surface area contributed by atoms with Crippen molar-refractivity contribution in [2.45, 2.75) is 26.7 Å². The third-order valence-corrected chi connectivity index (χ3v) is 2.91. The van der Waals surface area contributed by atoms with Crippen molar-refractivity contribution in [3.63, 3.8) is 0 Å². The van der Waals surface area contributed by atoms with Crippen molar-refractivity contribution in [1.82, 2.24) is 14.7 Å². The molecule has 0 unspecified atom stereocenters. The van der Waals surface area contributed by atoms with E-state index in [1.165, 1.54) is 0 Å². The van der Waals surface area contributed by atoms with Gasteiger partial charge in [0.05, 0.1) is 6.26 Å². The first-order valence-corrected chi connectivity index (χ1v) is 7.71. The molecule has 0 fully saturated rings. The zero-order valence-corrected chi connectivity index (χ0v) is 12.0. The molecule has 1 aromatic heterocycles. The highest BCUT2D eigenvalue weighted by atomic mass is 32.2. The lowest BCUT2D eigenvalue weighted by Gasteiger charge is -2.10. The maximum absolute atomic E-state index is 10.9. The van der Waals surface area contributed by atoms with Gasteiger partial charge in [-0.25, -0.2) is 23.1 Å². The van der Waals surface area contributed by atoms with Crippen molar-refractivity contribution in [3.8, 4) is 0 Å². The van der Waals surface area contributed by atoms with Gasteiger partial charge >= 0.3 is 0 Å². The monoisotopic (exact) mass is 272 g/mol. The Morgan fingerprint density at radius 2 is 1.94 bits per heavy atom. The van der Waals surface area contributed by atoms with Crippen LogP contribution in [-0.4, -0.2) is 37.7 Å². The van der Waals surface area contributed by atoms with Crippen LogP contribution in [0.2, 0.25) is 0 Å². The maximum Gasteiger partial charge on any atom is 0.208 e. The molecule has 0 aliphatic heterocycles. The number of sulfonamides is 1. The van der Waals surface area contributed by atoms with Gasteiger partial charge in [-0.1, -0.05) is 13.8 Å². The summed E-state index contributed by atoms with van der Waals surface area (Å²) < 4.78 is 24.2. The Bertz CT molecular complexity index is 500. The number of hydrogen-bond donors (Lipinski definition) is 2. The van der Waals surface area contributed by atoms with Gasteiger partial charge in [0.25, 0.3) is 0 Å². The molecule has 1 aromatic rings. The van der Waals surface area contributed by atoms with Crippen molar-refractivity contribution in [2.75, 3.05) is 24.7 Å². The quantitative estimate of drug-likeness (QED) is 0.751. The highest BCUT2D eigenvalue weighted by Crippen LogP contribution is 2.13. The predicted molar refractivity (Wildman–Crippen MR) is 72.2 cm³/mol. The Kier molecular flexibility index (Phi) is 5.03. The maximum atomic E-state index is 10.9. The number of nitrogens with zero attached hydrogens (tertiary/aromatic N) is 2. The van der Waals surface area contributed by atoms with Gasteiger partial charge in [-0.3, -0.25) is 0 Å². The Balaban J connectivity index is 2.57. The number of aryl methyl sites for hydroxylation is 1. The lowest BCUT2D eigenvalue weighted by molar-refractivity contribution is 0.589. The summed E-state index contributed by atoms with van der Waals surface area (Å²) in [4.78, 5) is 8.71. The van der Waals surface area contributed by atoms with E-state index in [1.807, 2.05) is 26.8 Å². The summed E-state index contributed by atoms with van der Waals surface area (Å²) in [5, 5.41) is 3.08. The van der Waals surface area contributed by atoms with Crippen molar-refractivity contribution in [1.29, 1.82) is 0 Å². The van der Waals surface area contributed by atoms with E-state index in [0.29, 0.717) is 13.1 Å². The minimum absolute atomic E-state index is 0.264. The Morgan fingerprint density at radius 3 is 2.50 bits per heavy atom. The molecule has 0 saturated carbocycles. The van der Waals surface area contributed by atoms with Crippen LogP contribution in [0.5, 0.6) is 0 Å². The zero-order valence-electron chi connectivity index (χ0n) is 11.2. The minimum atomic E-state index is -3.13. The van der Waals surface area contributed by atoms with E-state index in [9.17, 15) is 8.42 Å². The molecule has 0 spiro atoms. The molecule has 0 aromatic carbocycles. The first-order chi connectivity index (χ1) is 8.28. The molecular weight excluding hydrogens is 252 g/mol. The molecule has 2 N–H and O–H groups in total. The van der Waals surface area contributed by atoms with Gasteiger partial charge < -0.3 is 5.32 Å². The summed E-state index contributed by atoms with van der Waals surface area (Å²) in [5.41, 5.74) is 0.896. The second kappa shape index (κ2) is 6.10. The van der Waals surface area contributed by atoms with Gasteiger partial charge in [0.2, 0.25) is 10.0 Å². The van der Waals surface area contributed by atoms with E-state index in [4.69, 9.17) is 0 Å². The fourth-order valence-corrected chi connectivity index (χ4v) is 1.84. The number of anilines is 1. The summed E-state index contributed by atoms with van der Waals surface area (Å²) in [5.74, 6) is 1.77. The van der Waals surface area contributed by atoms with Crippen LogP contribution in [0, 0.1) is 6.92 Å². The van der Waals surface area contributed by atoms with E-state index >= 15 is 0 Å². The van der Waals surface area contributed by atoms with Crippen LogP contribution < -0.4 is 10.0 Å². The van der Waals surface area contributed by atoms with Gasteiger partial charge in [0.1, 0.15) is 11.6 Å². The van der Waals surface area contributed by atoms with Gasteiger partial charge in [-0.05, 0) is 6.92 Å². The average molecular weight is 272 g/mol. The van der Waals surface area contributed by atoms with Crippen molar-refractivity contribution in [2.24, 2.45) is 0 Å². The number of hydrogen-bond acceptors (Lipinski definition) is 5. The number of aromatic nitrogens is 2. The molecule has 18 heavy (non-hydrogen) atoms. The molecule has 7 heteroatoms. The molecule has 1 rings (SSSR count). The van der Waals surface area contributed by atoms with Crippen LogP contribution in [0.1, 0.15) is 31.3 Å². The molecule has 0 atom stereocenters. The van der Waals surface area contributed by atoms with E-state index < -0.39 is 10.0 Å². The first-order valence-electron chi connectivity index (χ1n) is 5.82. The largest absolute Gasteiger partial charge is 0.369 e. The van der Waals surface area contributed by atoms with E-state index in [0.717, 1.165) is 23.6 Å². The second-order valence-corrected chi connectivity index (χ2v) is 6.33. The molecule has 0 aliphatic carbocycles. The molecule has 0 amide bonds. The first kappa shape index (κ1) is 14.8. The van der Waals surface area contributed by atoms with Crippen LogP contribution in [0.25, 0.3) is 0 Å². The van der Waals surface area contributed by atoms with E-state index in [-0.39, 0.29) is 5.92 Å². The number of rotatable bonds is 6. The average Bonchev–Trinajstić information content (AvgIpc) is 2.22. The predicted octanol–water partition coefficient (Wildman–Crippen LogP) is 0.870. The van der Waals surface area contributed by atoms with Crippen LogP contribution in [0.3, 0.4) is 0 Å². The summed E-state index contributed by atoms with van der Waals surface area (Å²) in [6.45, 7) is 6.79. The molecular formula is C11H20N4O2S. The Labute approximate surface area is 108 Å². The highest BCUT2D eigenvalue weighted by Gasteiger charge is 2.06. The zero-order chi connectivity index (χ0) is 13.8. The second-order valence-electron chi connectivity index (χ2n) is 4.50. The lowest BCUT2D eigenvalue weighted by Crippen LogP contribution is -2.27. The normalized spacial score (nSPS) is 11.8. The smallest absolute Gasteiger partial charge is 0.208 e. The summed E-state index contributed by atoms with van der Waals surface area (Å²) in [6.07, 6.45) is 1.14. The van der Waals surface area contributed by atoms with E-state index in [2.05, 4.69) is 20.0 Å². The molecule has 0 aliphatic rings. The van der Waals surface area contributed by atoms with Crippen LogP contribution in [0.4, 0.5) is 5.82 Å². The molecule has 0 bridgehead atoms. The van der Waals surface area contributed by atoms with Gasteiger partial charge in [0.15, 0.2) is 0 Å². The van der Waals surface area contributed by atoms with Crippen molar-refractivity contribution < 1.29 is 8.42 Å². The minimum Gasteiger partial charge on any atom is -0.369 e. The molecule has 6 nitrogen and oxygen atoms in total. The lowest BCUT2D eigenvalue weighted by atomic mass is 10.2. The van der Waals surface area contributed by atoms with Gasteiger partial charge in [-0.2, -0.15) is 0 Å². The number of nitrogens with one attached hydrogen (secondary N) is 2. The van der Waals surface area contributed by atoms with Crippen molar-refractivity contribution >= 4 is 15.8 Å². The summed E-state index contributed by atoms with van der Waals surface area (Å²) >= 11 is 0. The fourth-order valence-electron chi connectivity index (χ4n) is 1.37. The topological polar surface area (TPSA) is 84.0 Å². The van der Waals surface area contributed by atoms with E-state index in [1.54, 1.807) is 0 Å². The highest BCUT2D eigenvalue weighted by molar-refractivity contribution is 7.88. The fraction of sp³-hybridized carbons (Fsp3) is 0.636. The van der Waals surface area contributed by atoms with Crippen LogP contribution in [-0.2, 0) is 10.0 Å². The standard InChI is InChI=1S/C11H20N4O2S/c1-8(2)11-14-9(3)7-10(15-11)12-5-6-13-18(4,16)17/h7-8,13H,5-6H2,1-4H3,(H,12,14,15). The molecule has 0 saturated heterocycles. The molecule has 1 heterocycles. The molecule has 102 valence electrons. The van der Waals surface area contributed by atoms with Crippen LogP contribution in [0.15, 0.2) is 6.07 Å². The third kappa shape index (κ3) is 5.42. The third-order valence-electron chi connectivity index (χ3n) is 2.18. The SMILES string of the molecule is Cc1cc(NCCNS(C)(=O)=O)nc(C(C)C)n1. The molecule has 0 radical (unpaired) electrons.